The number of benzene rings is 1. The average molecular weight is 324 g/mol. The second kappa shape index (κ2) is 4.76. The first-order chi connectivity index (χ1) is 10.5. The summed E-state index contributed by atoms with van der Waals surface area (Å²) < 4.78 is 39.8. The van der Waals surface area contributed by atoms with E-state index in [1.165, 1.54) is 0 Å². The summed E-state index contributed by atoms with van der Waals surface area (Å²) in [6.45, 7) is 8.24. The quantitative estimate of drug-likeness (QED) is 0.750. The molecule has 0 saturated heterocycles. The van der Waals surface area contributed by atoms with Gasteiger partial charge in [-0.1, -0.05) is 13.8 Å². The molecular formula is C17H19F3N2O. The maximum Gasteiger partial charge on any atom is 0.417 e. The van der Waals surface area contributed by atoms with E-state index in [9.17, 15) is 18.0 Å². The molecule has 2 heterocycles. The summed E-state index contributed by atoms with van der Waals surface area (Å²) in [6.07, 6.45) is -4.56. The number of halogens is 3. The minimum Gasteiger partial charge on any atom is -0.380 e. The maximum absolute atomic E-state index is 13.3. The Balaban J connectivity index is 2.33. The molecule has 0 unspecified atom stereocenters. The van der Waals surface area contributed by atoms with Gasteiger partial charge in [0, 0.05) is 22.7 Å². The van der Waals surface area contributed by atoms with Crippen molar-refractivity contribution in [2.45, 2.75) is 45.3 Å². The van der Waals surface area contributed by atoms with Crippen LogP contribution in [0.3, 0.4) is 0 Å². The maximum atomic E-state index is 13.3. The summed E-state index contributed by atoms with van der Waals surface area (Å²) in [4.78, 5) is 14.1. The monoisotopic (exact) mass is 324 g/mol. The number of alkyl halides is 3. The fourth-order valence-electron chi connectivity index (χ4n) is 3.40. The summed E-state index contributed by atoms with van der Waals surface area (Å²) in [5.41, 5.74) is 0.0192. The van der Waals surface area contributed by atoms with Crippen molar-refractivity contribution in [2.75, 3.05) is 5.32 Å². The Morgan fingerprint density at radius 3 is 2.39 bits per heavy atom. The van der Waals surface area contributed by atoms with Crippen LogP contribution in [-0.2, 0) is 6.18 Å². The van der Waals surface area contributed by atoms with Crippen LogP contribution in [0.1, 0.15) is 44.7 Å². The van der Waals surface area contributed by atoms with Crippen molar-refractivity contribution >= 4 is 16.6 Å². The first kappa shape index (κ1) is 15.9. The molecule has 0 aliphatic carbocycles. The van der Waals surface area contributed by atoms with Crippen molar-refractivity contribution < 1.29 is 13.2 Å². The summed E-state index contributed by atoms with van der Waals surface area (Å²) >= 11 is 0. The van der Waals surface area contributed by atoms with Crippen molar-refractivity contribution in [1.29, 1.82) is 0 Å². The van der Waals surface area contributed by atoms with Gasteiger partial charge in [0.05, 0.1) is 11.1 Å². The number of anilines is 1. The van der Waals surface area contributed by atoms with Crippen molar-refractivity contribution in [1.82, 2.24) is 4.98 Å². The van der Waals surface area contributed by atoms with Crippen molar-refractivity contribution in [3.63, 3.8) is 0 Å². The molecule has 124 valence electrons. The number of aromatic amines is 1. The molecule has 3 nitrogen and oxygen atoms in total. The predicted molar refractivity (Wildman–Crippen MR) is 84.9 cm³/mol. The summed E-state index contributed by atoms with van der Waals surface area (Å²) in [5.74, 6) is 0.364. The number of nitrogens with one attached hydrogen (secondary N) is 2. The molecule has 0 spiro atoms. The number of aromatic nitrogens is 1. The number of fused-ring (bicyclic) bond motifs is 2. The van der Waals surface area contributed by atoms with Gasteiger partial charge in [-0.15, -0.1) is 0 Å². The third-order valence-corrected chi connectivity index (χ3v) is 5.15. The lowest BCUT2D eigenvalue weighted by molar-refractivity contribution is -0.136. The predicted octanol–water partition coefficient (Wildman–Crippen LogP) is 4.49. The summed E-state index contributed by atoms with van der Waals surface area (Å²) in [6, 6.07) is 3.81. The second-order valence-corrected chi connectivity index (χ2v) is 6.95. The zero-order chi connectivity index (χ0) is 17.2. The van der Waals surface area contributed by atoms with Crippen LogP contribution in [0.2, 0.25) is 0 Å². The number of pyridine rings is 1. The van der Waals surface area contributed by atoms with Crippen LogP contribution in [0, 0.1) is 5.92 Å². The van der Waals surface area contributed by atoms with Gasteiger partial charge in [-0.25, -0.2) is 0 Å². The highest BCUT2D eigenvalue weighted by atomic mass is 19.4. The summed E-state index contributed by atoms with van der Waals surface area (Å²) in [7, 11) is 0. The normalized spacial score (nSPS) is 23.4. The lowest BCUT2D eigenvalue weighted by Gasteiger charge is -2.43. The van der Waals surface area contributed by atoms with Crippen LogP contribution < -0.4 is 10.9 Å². The smallest absolute Gasteiger partial charge is 0.380 e. The van der Waals surface area contributed by atoms with Gasteiger partial charge in [-0.2, -0.15) is 13.2 Å². The van der Waals surface area contributed by atoms with Gasteiger partial charge in [-0.05, 0) is 43.4 Å². The highest BCUT2D eigenvalue weighted by molar-refractivity contribution is 5.88. The third kappa shape index (κ3) is 2.50. The molecule has 1 aliphatic heterocycles. The van der Waals surface area contributed by atoms with Gasteiger partial charge in [0.15, 0.2) is 0 Å². The molecular weight excluding hydrogens is 305 g/mol. The highest BCUT2D eigenvalue weighted by Gasteiger charge is 2.38. The van der Waals surface area contributed by atoms with E-state index >= 15 is 0 Å². The van der Waals surface area contributed by atoms with E-state index in [0.717, 1.165) is 11.3 Å². The lowest BCUT2D eigenvalue weighted by atomic mass is 9.73. The van der Waals surface area contributed by atoms with E-state index in [1.807, 2.05) is 6.92 Å². The molecule has 6 heteroatoms. The molecule has 0 radical (unpaired) electrons. The molecule has 2 N–H and O–H groups in total. The van der Waals surface area contributed by atoms with Crippen LogP contribution >= 0.6 is 0 Å². The van der Waals surface area contributed by atoms with Crippen molar-refractivity contribution in [3.05, 3.63) is 39.7 Å². The van der Waals surface area contributed by atoms with Gasteiger partial charge >= 0.3 is 6.18 Å². The highest BCUT2D eigenvalue weighted by Crippen LogP contribution is 2.45. The largest absolute Gasteiger partial charge is 0.417 e. The van der Waals surface area contributed by atoms with E-state index in [0.29, 0.717) is 6.07 Å². The fourth-order valence-corrected chi connectivity index (χ4v) is 3.40. The van der Waals surface area contributed by atoms with E-state index in [1.54, 1.807) is 12.1 Å². The van der Waals surface area contributed by atoms with Crippen LogP contribution in [-0.4, -0.2) is 10.5 Å². The average Bonchev–Trinajstić information content (AvgIpc) is 2.41. The molecule has 1 aliphatic rings. The Kier molecular flexibility index (Phi) is 3.29. The minimum atomic E-state index is -4.56. The van der Waals surface area contributed by atoms with Crippen molar-refractivity contribution in [2.24, 2.45) is 5.92 Å². The van der Waals surface area contributed by atoms with Crippen LogP contribution in [0.25, 0.3) is 10.9 Å². The Morgan fingerprint density at radius 2 is 1.78 bits per heavy atom. The van der Waals surface area contributed by atoms with Crippen LogP contribution in [0.15, 0.2) is 23.0 Å². The van der Waals surface area contributed by atoms with E-state index in [-0.39, 0.29) is 28.3 Å². The molecule has 3 rings (SSSR count). The Labute approximate surface area is 131 Å². The Morgan fingerprint density at radius 1 is 1.13 bits per heavy atom. The second-order valence-electron chi connectivity index (χ2n) is 6.95. The van der Waals surface area contributed by atoms with E-state index in [4.69, 9.17) is 0 Å². The first-order valence-electron chi connectivity index (χ1n) is 7.57. The first-order valence-corrected chi connectivity index (χ1v) is 7.57. The van der Waals surface area contributed by atoms with Gasteiger partial charge < -0.3 is 10.3 Å². The zero-order valence-corrected chi connectivity index (χ0v) is 13.4. The van der Waals surface area contributed by atoms with Crippen LogP contribution in [0.5, 0.6) is 0 Å². The van der Waals surface area contributed by atoms with E-state index in [2.05, 4.69) is 31.1 Å². The lowest BCUT2D eigenvalue weighted by Crippen LogP contribution is -2.44. The minimum absolute atomic E-state index is 0.0383. The SMILES string of the molecule is C[C@@H]1c2cc3c(C(F)(F)F)cc(=O)[nH]c3cc2NC(C)(C)[C@H]1C. The summed E-state index contributed by atoms with van der Waals surface area (Å²) in [5, 5.41) is 3.42. The Bertz CT molecular complexity index is 836. The number of rotatable bonds is 0. The molecule has 1 aromatic heterocycles. The van der Waals surface area contributed by atoms with Gasteiger partial charge in [0.1, 0.15) is 0 Å². The molecule has 0 fully saturated rings. The standard InChI is InChI=1S/C17H19F3N2O/c1-8-9(2)16(3,4)22-14-7-13-11(5-10(8)14)12(17(18,19)20)6-15(23)21-13/h5-9,22H,1-4H3,(H,21,23)/t8-,9-/m0/s1. The van der Waals surface area contributed by atoms with E-state index < -0.39 is 17.3 Å². The van der Waals surface area contributed by atoms with Gasteiger partial charge in [-0.3, -0.25) is 4.79 Å². The molecule has 23 heavy (non-hydrogen) atoms. The molecule has 2 atom stereocenters. The number of H-pyrrole nitrogens is 1. The topological polar surface area (TPSA) is 44.9 Å². The molecule has 1 aromatic carbocycles. The number of hydrogen-bond acceptors (Lipinski definition) is 2. The Hall–Kier alpha value is -1.98. The zero-order valence-electron chi connectivity index (χ0n) is 13.4. The molecule has 0 saturated carbocycles. The van der Waals surface area contributed by atoms with Crippen molar-refractivity contribution in [3.8, 4) is 0 Å². The van der Waals surface area contributed by atoms with Gasteiger partial charge in [0.2, 0.25) is 5.56 Å². The van der Waals surface area contributed by atoms with Gasteiger partial charge in [0.25, 0.3) is 0 Å². The molecule has 0 bridgehead atoms. The fraction of sp³-hybridized carbons (Fsp3) is 0.471. The number of hydrogen-bond donors (Lipinski definition) is 2. The molecule has 0 amide bonds. The molecule has 2 aromatic rings. The third-order valence-electron chi connectivity index (χ3n) is 5.15. The van der Waals surface area contributed by atoms with Crippen LogP contribution in [0.4, 0.5) is 18.9 Å².